The fourth-order valence-corrected chi connectivity index (χ4v) is 6.47. The zero-order chi connectivity index (χ0) is 21.0. The lowest BCUT2D eigenvalue weighted by Gasteiger charge is -2.59. The number of aromatic nitrogens is 2. The third kappa shape index (κ3) is 3.36. The summed E-state index contributed by atoms with van der Waals surface area (Å²) < 4.78 is 14.3. The quantitative estimate of drug-likeness (QED) is 0.740. The molecule has 0 saturated carbocycles. The Morgan fingerprint density at radius 1 is 1.23 bits per heavy atom. The van der Waals surface area contributed by atoms with E-state index in [0.717, 1.165) is 56.1 Å². The number of hydrogen-bond donors (Lipinski definition) is 1. The van der Waals surface area contributed by atoms with Crippen molar-refractivity contribution in [3.8, 4) is 11.3 Å². The average molecular weight is 428 g/mol. The highest BCUT2D eigenvalue weighted by molar-refractivity contribution is 7.89. The summed E-state index contributed by atoms with van der Waals surface area (Å²) in [5.74, 6) is 0.177. The van der Waals surface area contributed by atoms with E-state index < -0.39 is 11.4 Å². The Morgan fingerprint density at radius 2 is 2.00 bits per heavy atom. The van der Waals surface area contributed by atoms with Crippen molar-refractivity contribution >= 4 is 23.0 Å². The lowest BCUT2D eigenvalue weighted by molar-refractivity contribution is -0.118. The van der Waals surface area contributed by atoms with Crippen LogP contribution in [0.25, 0.3) is 11.3 Å². The van der Waals surface area contributed by atoms with Crippen molar-refractivity contribution in [1.82, 2.24) is 19.4 Å². The number of aryl methyl sites for hydroxylation is 1. The van der Waals surface area contributed by atoms with Crippen molar-refractivity contribution in [3.63, 3.8) is 0 Å². The summed E-state index contributed by atoms with van der Waals surface area (Å²) in [4.78, 5) is 16.1. The van der Waals surface area contributed by atoms with Crippen LogP contribution in [0.3, 0.4) is 0 Å². The van der Waals surface area contributed by atoms with E-state index in [2.05, 4.69) is 31.5 Å². The number of hydrogen-bond acceptors (Lipinski definition) is 5. The van der Waals surface area contributed by atoms with E-state index in [1.807, 2.05) is 33.2 Å². The second-order valence-electron chi connectivity index (χ2n) is 9.33. The maximum atomic E-state index is 12.2. The first-order valence-electron chi connectivity index (χ1n) is 10.7. The van der Waals surface area contributed by atoms with Crippen molar-refractivity contribution in [3.05, 3.63) is 35.5 Å². The van der Waals surface area contributed by atoms with Crippen molar-refractivity contribution < 1.29 is 9.35 Å². The Hall–Kier alpha value is -1.87. The van der Waals surface area contributed by atoms with E-state index in [0.29, 0.717) is 11.8 Å². The molecule has 1 aromatic carbocycles. The van der Waals surface area contributed by atoms with Crippen LogP contribution in [-0.2, 0) is 29.1 Å². The molecule has 0 bridgehead atoms. The number of rotatable bonds is 5. The molecule has 2 fully saturated rings. The summed E-state index contributed by atoms with van der Waals surface area (Å²) in [5.41, 5.74) is 5.94. The van der Waals surface area contributed by atoms with Crippen LogP contribution in [0.15, 0.2) is 24.4 Å². The van der Waals surface area contributed by atoms with E-state index in [-0.39, 0.29) is 11.2 Å². The first kappa shape index (κ1) is 20.1. The van der Waals surface area contributed by atoms with Gasteiger partial charge in [0.25, 0.3) is 0 Å². The molecule has 2 saturated heterocycles. The minimum atomic E-state index is -0.846. The van der Waals surface area contributed by atoms with E-state index in [1.165, 1.54) is 11.1 Å². The number of amides is 1. The summed E-state index contributed by atoms with van der Waals surface area (Å²) in [6.45, 7) is 8.92. The number of H-pyrrole nitrogens is 1. The van der Waals surface area contributed by atoms with Crippen LogP contribution in [0.2, 0.25) is 0 Å². The van der Waals surface area contributed by atoms with E-state index in [1.54, 1.807) is 4.90 Å². The molecule has 1 spiro atoms. The molecule has 7 nitrogen and oxygen atoms in total. The predicted octanol–water partition coefficient (Wildman–Crippen LogP) is 2.18. The number of carbonyl (C=O) groups excluding carboxylic acids is 1. The van der Waals surface area contributed by atoms with Gasteiger partial charge >= 0.3 is 0 Å². The van der Waals surface area contributed by atoms with Crippen molar-refractivity contribution in [2.45, 2.75) is 38.5 Å². The summed E-state index contributed by atoms with van der Waals surface area (Å²) in [6.07, 6.45) is 3.28. The largest absolute Gasteiger partial charge is 0.598 e. The second-order valence-corrected chi connectivity index (χ2v) is 11.3. The van der Waals surface area contributed by atoms with Gasteiger partial charge in [-0.05, 0) is 38.0 Å². The lowest BCUT2D eigenvalue weighted by atomic mass is 9.74. The Kier molecular flexibility index (Phi) is 4.93. The topological polar surface area (TPSA) is 78.5 Å². The smallest absolute Gasteiger partial charge is 0.227 e. The van der Waals surface area contributed by atoms with Crippen molar-refractivity contribution in [2.75, 3.05) is 38.1 Å². The van der Waals surface area contributed by atoms with Gasteiger partial charge in [-0.3, -0.25) is 14.8 Å². The molecule has 1 atom stereocenters. The van der Waals surface area contributed by atoms with E-state index in [4.69, 9.17) is 0 Å². The van der Waals surface area contributed by atoms with Crippen LogP contribution < -0.4 is 4.90 Å². The maximum Gasteiger partial charge on any atom is 0.227 e. The molecule has 160 valence electrons. The first-order chi connectivity index (χ1) is 14.3. The Labute approximate surface area is 180 Å². The van der Waals surface area contributed by atoms with Gasteiger partial charge in [0, 0.05) is 66.7 Å². The third-order valence-electron chi connectivity index (χ3n) is 6.62. The van der Waals surface area contributed by atoms with E-state index >= 15 is 0 Å². The number of nitrogens with one attached hydrogen (secondary N) is 1. The van der Waals surface area contributed by atoms with Gasteiger partial charge in [-0.2, -0.15) is 5.10 Å². The van der Waals surface area contributed by atoms with Crippen LogP contribution in [0.1, 0.15) is 31.4 Å². The van der Waals surface area contributed by atoms with Gasteiger partial charge in [0.1, 0.15) is 5.25 Å². The number of carbonyl (C=O) groups is 1. The van der Waals surface area contributed by atoms with Gasteiger partial charge in [-0.1, -0.05) is 6.07 Å². The normalized spacial score (nSPS) is 22.2. The van der Waals surface area contributed by atoms with Crippen LogP contribution in [0.4, 0.5) is 5.69 Å². The second kappa shape index (κ2) is 7.37. The van der Waals surface area contributed by atoms with Crippen LogP contribution >= 0.6 is 0 Å². The molecule has 3 aliphatic rings. The fraction of sp³-hybridized carbons (Fsp3) is 0.545. The van der Waals surface area contributed by atoms with Crippen LogP contribution in [-0.4, -0.2) is 68.3 Å². The molecular weight excluding hydrogens is 398 g/mol. The molecule has 4 heterocycles. The molecule has 0 aliphatic carbocycles. The number of aromatic amines is 1. The van der Waals surface area contributed by atoms with Gasteiger partial charge in [-0.25, -0.2) is 0 Å². The average Bonchev–Trinajstić information content (AvgIpc) is 3.13. The minimum Gasteiger partial charge on any atom is -0.598 e. The Morgan fingerprint density at radius 3 is 2.73 bits per heavy atom. The maximum absolute atomic E-state index is 12.2. The fourth-order valence-electron chi connectivity index (χ4n) is 5.08. The Balaban J connectivity index is 1.24. The molecule has 1 amide bonds. The molecule has 5 rings (SSSR count). The zero-order valence-electron chi connectivity index (χ0n) is 17.9. The summed E-state index contributed by atoms with van der Waals surface area (Å²) in [6, 6.07) is 6.31. The third-order valence-corrected chi connectivity index (χ3v) is 8.20. The molecule has 1 aromatic heterocycles. The summed E-state index contributed by atoms with van der Waals surface area (Å²) in [7, 11) is 1.85. The first-order valence-corrected chi connectivity index (χ1v) is 11.8. The molecule has 1 unspecified atom stereocenters. The van der Waals surface area contributed by atoms with Gasteiger partial charge in [0.05, 0.1) is 25.0 Å². The highest BCUT2D eigenvalue weighted by Gasteiger charge is 2.55. The van der Waals surface area contributed by atoms with Crippen molar-refractivity contribution in [2.24, 2.45) is 5.41 Å². The van der Waals surface area contributed by atoms with Gasteiger partial charge in [0.15, 0.2) is 0 Å². The predicted molar refractivity (Wildman–Crippen MR) is 118 cm³/mol. The standard InChI is InChI=1S/C22H29N5O2S/c1-15(2)30(29)27-13-22(14-27)11-26(12-22)10-18-9-23-24-21(18)17-4-6-19-16(8-17)5-7-20(28)25(19)3/h4,6,8-9,15H,5,7,10-14H2,1-3H3,(H,23,24). The highest BCUT2D eigenvalue weighted by Crippen LogP contribution is 2.42. The zero-order valence-corrected chi connectivity index (χ0v) is 18.7. The molecule has 3 aliphatic heterocycles. The molecule has 8 heteroatoms. The van der Waals surface area contributed by atoms with Gasteiger partial charge in [0.2, 0.25) is 5.91 Å². The summed E-state index contributed by atoms with van der Waals surface area (Å²) in [5, 5.41) is 7.69. The van der Waals surface area contributed by atoms with Crippen molar-refractivity contribution in [1.29, 1.82) is 0 Å². The van der Waals surface area contributed by atoms with E-state index in [9.17, 15) is 9.35 Å². The number of nitrogens with zero attached hydrogens (tertiary/aromatic N) is 4. The highest BCUT2D eigenvalue weighted by atomic mass is 32.2. The Bertz CT molecular complexity index is 960. The number of anilines is 1. The van der Waals surface area contributed by atoms with Gasteiger partial charge < -0.3 is 9.45 Å². The van der Waals surface area contributed by atoms with Gasteiger partial charge in [-0.15, -0.1) is 4.31 Å². The van der Waals surface area contributed by atoms with Crippen LogP contribution in [0, 0.1) is 5.41 Å². The molecule has 1 N–H and O–H groups in total. The molecule has 2 aromatic rings. The lowest BCUT2D eigenvalue weighted by Crippen LogP contribution is -2.72. The number of benzene rings is 1. The SMILES string of the molecule is CC(C)[S+]([O-])N1CC2(CN(Cc3cn[nH]c3-c3ccc4c(c3)CCC(=O)N4C)C2)C1. The molecule has 0 radical (unpaired) electrons. The molecule has 30 heavy (non-hydrogen) atoms. The number of likely N-dealkylation sites (tertiary alicyclic amines) is 1. The molecular formula is C22H29N5O2S. The number of fused-ring (bicyclic) bond motifs is 1. The summed E-state index contributed by atoms with van der Waals surface area (Å²) >= 11 is -0.846. The van der Waals surface area contributed by atoms with Crippen LogP contribution in [0.5, 0.6) is 0 Å². The monoisotopic (exact) mass is 427 g/mol. The minimum absolute atomic E-state index is 0.177.